The quantitative estimate of drug-likeness (QED) is 0.873. The largest absolute Gasteiger partial charge is 0.334 e. The van der Waals surface area contributed by atoms with Gasteiger partial charge in [0.1, 0.15) is 5.82 Å². The molecule has 5 heteroatoms. The molecule has 0 saturated carbocycles. The molecule has 0 bridgehead atoms. The first-order valence-corrected chi connectivity index (χ1v) is 5.43. The van der Waals surface area contributed by atoms with Gasteiger partial charge >= 0.3 is 6.03 Å². The lowest BCUT2D eigenvalue weighted by molar-refractivity contribution is 0.251. The van der Waals surface area contributed by atoms with Crippen LogP contribution in [0.3, 0.4) is 0 Å². The van der Waals surface area contributed by atoms with Crippen molar-refractivity contribution in [2.45, 2.75) is 6.54 Å². The van der Waals surface area contributed by atoms with Gasteiger partial charge in [0.2, 0.25) is 0 Å². The van der Waals surface area contributed by atoms with Crippen LogP contribution >= 0.6 is 0 Å². The third-order valence-electron chi connectivity index (χ3n) is 2.30. The van der Waals surface area contributed by atoms with Gasteiger partial charge in [0.05, 0.1) is 0 Å². The fourth-order valence-corrected chi connectivity index (χ4v) is 1.40. The van der Waals surface area contributed by atoms with Gasteiger partial charge in [-0.25, -0.2) is 9.18 Å². The number of pyridine rings is 1. The molecule has 2 rings (SSSR count). The van der Waals surface area contributed by atoms with Crippen LogP contribution < -0.4 is 10.6 Å². The molecule has 2 N–H and O–H groups in total. The maximum Gasteiger partial charge on any atom is 0.319 e. The van der Waals surface area contributed by atoms with Crippen molar-refractivity contribution in [1.82, 2.24) is 10.3 Å². The monoisotopic (exact) mass is 245 g/mol. The highest BCUT2D eigenvalue weighted by Crippen LogP contribution is 2.04. The molecular formula is C13H12FN3O. The van der Waals surface area contributed by atoms with E-state index in [1.807, 2.05) is 0 Å². The molecule has 1 aromatic carbocycles. The van der Waals surface area contributed by atoms with Crippen LogP contribution in [-0.4, -0.2) is 11.0 Å². The van der Waals surface area contributed by atoms with E-state index < -0.39 is 0 Å². The molecule has 2 aromatic rings. The number of aromatic nitrogens is 1. The van der Waals surface area contributed by atoms with E-state index in [0.717, 1.165) is 5.56 Å². The third kappa shape index (κ3) is 3.55. The number of carbonyl (C=O) groups excluding carboxylic acids is 1. The lowest BCUT2D eigenvalue weighted by Crippen LogP contribution is -2.28. The minimum absolute atomic E-state index is 0.292. The van der Waals surface area contributed by atoms with Crippen LogP contribution in [0.1, 0.15) is 5.56 Å². The molecule has 4 nitrogen and oxygen atoms in total. The standard InChI is InChI=1S/C13H12FN3O/c14-11-3-1-10(2-4-11)9-16-13(18)17-12-5-7-15-8-6-12/h1-8H,9H2,(H2,15,16,17,18). The third-order valence-corrected chi connectivity index (χ3v) is 2.30. The van der Waals surface area contributed by atoms with Crippen molar-refractivity contribution in [2.24, 2.45) is 0 Å². The van der Waals surface area contributed by atoms with Gasteiger partial charge in [-0.1, -0.05) is 12.1 Å². The Bertz CT molecular complexity index is 514. The van der Waals surface area contributed by atoms with Crippen LogP contribution in [0.25, 0.3) is 0 Å². The highest BCUT2D eigenvalue weighted by molar-refractivity contribution is 5.88. The number of hydrogen-bond acceptors (Lipinski definition) is 2. The van der Waals surface area contributed by atoms with Gasteiger partial charge in [0.15, 0.2) is 0 Å². The van der Waals surface area contributed by atoms with Crippen LogP contribution in [0.2, 0.25) is 0 Å². The number of carbonyl (C=O) groups is 1. The van der Waals surface area contributed by atoms with E-state index in [9.17, 15) is 9.18 Å². The summed E-state index contributed by atoms with van der Waals surface area (Å²) < 4.78 is 12.7. The van der Waals surface area contributed by atoms with Gasteiger partial charge in [-0.05, 0) is 29.8 Å². The lowest BCUT2D eigenvalue weighted by atomic mass is 10.2. The minimum atomic E-state index is -0.314. The van der Waals surface area contributed by atoms with E-state index in [2.05, 4.69) is 15.6 Å². The average molecular weight is 245 g/mol. The van der Waals surface area contributed by atoms with Crippen molar-refractivity contribution in [1.29, 1.82) is 0 Å². The molecule has 1 aromatic heterocycles. The molecule has 2 amide bonds. The number of rotatable bonds is 3. The van der Waals surface area contributed by atoms with Crippen molar-refractivity contribution in [3.05, 3.63) is 60.2 Å². The number of hydrogen-bond donors (Lipinski definition) is 2. The molecule has 0 radical (unpaired) electrons. The summed E-state index contributed by atoms with van der Waals surface area (Å²) in [5.74, 6) is -0.292. The van der Waals surface area contributed by atoms with Crippen LogP contribution in [0.5, 0.6) is 0 Å². The zero-order valence-electron chi connectivity index (χ0n) is 9.56. The van der Waals surface area contributed by atoms with Crippen LogP contribution in [0, 0.1) is 5.82 Å². The summed E-state index contributed by atoms with van der Waals surface area (Å²) >= 11 is 0. The van der Waals surface area contributed by atoms with Gasteiger partial charge in [0.25, 0.3) is 0 Å². The van der Waals surface area contributed by atoms with E-state index in [4.69, 9.17) is 0 Å². The Morgan fingerprint density at radius 2 is 1.78 bits per heavy atom. The lowest BCUT2D eigenvalue weighted by Gasteiger charge is -2.07. The van der Waals surface area contributed by atoms with Crippen LogP contribution in [-0.2, 0) is 6.54 Å². The summed E-state index contributed by atoms with van der Waals surface area (Å²) in [7, 11) is 0. The highest BCUT2D eigenvalue weighted by Gasteiger charge is 2.01. The van der Waals surface area contributed by atoms with Crippen molar-refractivity contribution in [3.8, 4) is 0 Å². The zero-order valence-corrected chi connectivity index (χ0v) is 9.56. The number of amides is 2. The second-order valence-electron chi connectivity index (χ2n) is 3.67. The Labute approximate surface area is 104 Å². The summed E-state index contributed by atoms with van der Waals surface area (Å²) in [5.41, 5.74) is 1.50. The zero-order chi connectivity index (χ0) is 12.8. The second-order valence-corrected chi connectivity index (χ2v) is 3.67. The first-order valence-electron chi connectivity index (χ1n) is 5.43. The summed E-state index contributed by atoms with van der Waals surface area (Å²) in [6.45, 7) is 0.344. The van der Waals surface area contributed by atoms with Crippen LogP contribution in [0.4, 0.5) is 14.9 Å². The molecule has 0 fully saturated rings. The topological polar surface area (TPSA) is 54.0 Å². The van der Waals surface area contributed by atoms with Crippen LogP contribution in [0.15, 0.2) is 48.8 Å². The van der Waals surface area contributed by atoms with E-state index in [0.29, 0.717) is 12.2 Å². The van der Waals surface area contributed by atoms with Crippen molar-refractivity contribution < 1.29 is 9.18 Å². The van der Waals surface area contributed by atoms with Gasteiger partial charge < -0.3 is 10.6 Å². The Hall–Kier alpha value is -2.43. The average Bonchev–Trinajstić information content (AvgIpc) is 2.39. The molecule has 1 heterocycles. The highest BCUT2D eigenvalue weighted by atomic mass is 19.1. The van der Waals surface area contributed by atoms with Gasteiger partial charge in [0, 0.05) is 24.6 Å². The summed E-state index contributed by atoms with van der Waals surface area (Å²) in [6, 6.07) is 9.04. The first kappa shape index (κ1) is 12.0. The number of urea groups is 1. The Kier molecular flexibility index (Phi) is 3.86. The van der Waals surface area contributed by atoms with Crippen molar-refractivity contribution in [3.63, 3.8) is 0 Å². The number of anilines is 1. The number of benzene rings is 1. The van der Waals surface area contributed by atoms with Gasteiger partial charge in [-0.3, -0.25) is 4.98 Å². The predicted octanol–water partition coefficient (Wildman–Crippen LogP) is 2.54. The van der Waals surface area contributed by atoms with Gasteiger partial charge in [-0.2, -0.15) is 0 Å². The number of nitrogens with zero attached hydrogens (tertiary/aromatic N) is 1. The van der Waals surface area contributed by atoms with Gasteiger partial charge in [-0.15, -0.1) is 0 Å². The predicted molar refractivity (Wildman–Crippen MR) is 66.5 cm³/mol. The fraction of sp³-hybridized carbons (Fsp3) is 0.0769. The minimum Gasteiger partial charge on any atom is -0.334 e. The first-order chi connectivity index (χ1) is 8.74. The number of halogens is 1. The molecule has 0 aliphatic rings. The second kappa shape index (κ2) is 5.77. The molecule has 0 unspecified atom stereocenters. The molecule has 18 heavy (non-hydrogen) atoms. The summed E-state index contributed by atoms with van der Waals surface area (Å²) in [6.07, 6.45) is 3.19. The van der Waals surface area contributed by atoms with E-state index >= 15 is 0 Å². The number of nitrogens with one attached hydrogen (secondary N) is 2. The molecule has 0 spiro atoms. The normalized spacial score (nSPS) is 9.83. The Morgan fingerprint density at radius 1 is 1.11 bits per heavy atom. The Morgan fingerprint density at radius 3 is 2.44 bits per heavy atom. The molecule has 0 atom stereocenters. The summed E-state index contributed by atoms with van der Waals surface area (Å²) in [5, 5.41) is 5.33. The Balaban J connectivity index is 1.83. The summed E-state index contributed by atoms with van der Waals surface area (Å²) in [4.78, 5) is 15.4. The SMILES string of the molecule is O=C(NCc1ccc(F)cc1)Nc1ccncc1. The molecule has 0 aliphatic carbocycles. The van der Waals surface area contributed by atoms with E-state index in [-0.39, 0.29) is 11.8 Å². The molecule has 92 valence electrons. The molecular weight excluding hydrogens is 233 g/mol. The van der Waals surface area contributed by atoms with E-state index in [1.165, 1.54) is 12.1 Å². The molecule has 0 saturated heterocycles. The smallest absolute Gasteiger partial charge is 0.319 e. The fourth-order valence-electron chi connectivity index (χ4n) is 1.40. The maximum absolute atomic E-state index is 12.7. The van der Waals surface area contributed by atoms with E-state index in [1.54, 1.807) is 36.7 Å². The van der Waals surface area contributed by atoms with Crippen molar-refractivity contribution >= 4 is 11.7 Å². The molecule has 0 aliphatic heterocycles. The maximum atomic E-state index is 12.7. The van der Waals surface area contributed by atoms with Crippen molar-refractivity contribution in [2.75, 3.05) is 5.32 Å².